The fraction of sp³-hybridized carbons (Fsp3) is 0.250. The summed E-state index contributed by atoms with van der Waals surface area (Å²) in [5.74, 6) is 0. The molecule has 0 amide bonds. The first-order valence-electron chi connectivity index (χ1n) is 3.17. The first-order valence-corrected chi connectivity index (χ1v) is 3.54. The van der Waals surface area contributed by atoms with Crippen LogP contribution < -0.4 is 0 Å². The van der Waals surface area contributed by atoms with Crippen molar-refractivity contribution >= 4 is 11.6 Å². The van der Waals surface area contributed by atoms with Crippen LogP contribution in [0.25, 0.3) is 0 Å². The van der Waals surface area contributed by atoms with Crippen molar-refractivity contribution in [2.24, 2.45) is 0 Å². The van der Waals surface area contributed by atoms with Gasteiger partial charge in [0.2, 0.25) is 0 Å². The Labute approximate surface area is 98.4 Å². The normalized spacial score (nSPS) is 7.18. The second-order valence-electron chi connectivity index (χ2n) is 1.65. The van der Waals surface area contributed by atoms with Gasteiger partial charge in [-0.25, -0.2) is 4.98 Å². The largest absolute Gasteiger partial charge is 0.344 e. The number of aromatic nitrogens is 1. The molecule has 0 saturated heterocycles. The third-order valence-electron chi connectivity index (χ3n) is 0.629. The van der Waals surface area contributed by atoms with Crippen molar-refractivity contribution in [1.82, 2.24) is 4.98 Å². The van der Waals surface area contributed by atoms with Crippen LogP contribution >= 0.6 is 11.6 Å². The molecule has 1 heterocycles. The Kier molecular flexibility index (Phi) is 13.5. The molecule has 0 spiro atoms. The van der Waals surface area contributed by atoms with Crippen molar-refractivity contribution in [2.75, 3.05) is 0 Å². The Morgan fingerprint density at radius 2 is 2.09 bits per heavy atom. The van der Waals surface area contributed by atoms with E-state index in [1.165, 1.54) is 0 Å². The minimum absolute atomic E-state index is 0. The molecule has 0 N–H and O–H groups in total. The van der Waals surface area contributed by atoms with Gasteiger partial charge in [0.1, 0.15) is 5.15 Å². The van der Waals surface area contributed by atoms with Gasteiger partial charge in [-0.05, 0) is 12.1 Å². The molecule has 11 heavy (non-hydrogen) atoms. The van der Waals surface area contributed by atoms with E-state index < -0.39 is 0 Å². The summed E-state index contributed by atoms with van der Waals surface area (Å²) in [5, 5.41) is 0.544. The van der Waals surface area contributed by atoms with Gasteiger partial charge in [0.25, 0.3) is 0 Å². The zero-order valence-electron chi connectivity index (χ0n) is 6.63. The number of pyridine rings is 1. The van der Waals surface area contributed by atoms with Gasteiger partial charge < -0.3 is 6.92 Å². The van der Waals surface area contributed by atoms with Gasteiger partial charge in [-0.3, -0.25) is 0 Å². The summed E-state index contributed by atoms with van der Waals surface area (Å²) in [6.45, 7) is 5.50. The third kappa shape index (κ3) is 10.5. The fourth-order valence-electron chi connectivity index (χ4n) is 0.342. The molecule has 1 nitrogen and oxygen atoms in total. The summed E-state index contributed by atoms with van der Waals surface area (Å²) in [7, 11) is 0. The van der Waals surface area contributed by atoms with Crippen molar-refractivity contribution in [3.63, 3.8) is 0 Å². The number of halogens is 1. The molecule has 0 bridgehead atoms. The quantitative estimate of drug-likeness (QED) is 0.506. The molecule has 1 aromatic rings. The molecule has 0 saturated carbocycles. The molecule has 0 aliphatic carbocycles. The van der Waals surface area contributed by atoms with Crippen LogP contribution in [0.2, 0.25) is 5.15 Å². The number of hydrogen-bond acceptors (Lipinski definition) is 1. The SMILES string of the molecule is Clc1ccccn1.[CH2-]CC.[Y]. The molecule has 0 aliphatic rings. The molecule has 0 atom stereocenters. The minimum Gasteiger partial charge on any atom is -0.344 e. The van der Waals surface area contributed by atoms with Crippen molar-refractivity contribution < 1.29 is 32.7 Å². The van der Waals surface area contributed by atoms with E-state index in [-0.39, 0.29) is 32.7 Å². The molecule has 0 aromatic carbocycles. The molecule has 3 heteroatoms. The average Bonchev–Trinajstić information content (AvgIpc) is 1.91. The maximum Gasteiger partial charge on any atom is 0.129 e. The number of rotatable bonds is 0. The second kappa shape index (κ2) is 10.5. The molecule has 1 rings (SSSR count). The van der Waals surface area contributed by atoms with Gasteiger partial charge in [0.05, 0.1) is 0 Å². The summed E-state index contributed by atoms with van der Waals surface area (Å²) < 4.78 is 0. The van der Waals surface area contributed by atoms with Crippen LogP contribution in [-0.4, -0.2) is 4.98 Å². The number of nitrogens with zero attached hydrogens (tertiary/aromatic N) is 1. The summed E-state index contributed by atoms with van der Waals surface area (Å²) in [6.07, 6.45) is 2.66. The van der Waals surface area contributed by atoms with Crippen LogP contribution in [0.4, 0.5) is 0 Å². The van der Waals surface area contributed by atoms with Crippen molar-refractivity contribution in [3.05, 3.63) is 36.5 Å². The van der Waals surface area contributed by atoms with Crippen molar-refractivity contribution in [2.45, 2.75) is 13.3 Å². The standard InChI is InChI=1S/C5H4ClN.C3H7.Y/c6-5-3-1-2-4-7-5;1-3-2;/h1-4H;1,3H2,2H3;/q;-1;. The minimum atomic E-state index is 0. The Hall–Kier alpha value is 0.544. The van der Waals surface area contributed by atoms with Crippen molar-refractivity contribution in [3.8, 4) is 0 Å². The Balaban J connectivity index is 0. The zero-order chi connectivity index (χ0) is 7.82. The van der Waals surface area contributed by atoms with E-state index >= 15 is 0 Å². The third-order valence-corrected chi connectivity index (χ3v) is 0.852. The van der Waals surface area contributed by atoms with Gasteiger partial charge in [-0.15, -0.1) is 0 Å². The second-order valence-corrected chi connectivity index (χ2v) is 2.04. The molecule has 1 radical (unpaired) electrons. The topological polar surface area (TPSA) is 12.9 Å². The summed E-state index contributed by atoms with van der Waals surface area (Å²) in [4.78, 5) is 3.74. The molecule has 59 valence electrons. The van der Waals surface area contributed by atoms with Crippen LogP contribution in [0.5, 0.6) is 0 Å². The van der Waals surface area contributed by atoms with Crippen LogP contribution in [0, 0.1) is 6.92 Å². The van der Waals surface area contributed by atoms with Crippen molar-refractivity contribution in [1.29, 1.82) is 0 Å². The maximum atomic E-state index is 5.43. The molecular formula is C8H11ClNY-. The zero-order valence-corrected chi connectivity index (χ0v) is 10.2. The summed E-state index contributed by atoms with van der Waals surface area (Å²) in [6, 6.07) is 5.41. The predicted molar refractivity (Wildman–Crippen MR) is 44.9 cm³/mol. The van der Waals surface area contributed by atoms with E-state index in [1.807, 2.05) is 19.1 Å². The van der Waals surface area contributed by atoms with E-state index in [4.69, 9.17) is 11.6 Å². The summed E-state index contributed by atoms with van der Waals surface area (Å²) >= 11 is 5.43. The Bertz CT molecular complexity index is 155. The molecular weight excluding hydrogens is 234 g/mol. The maximum absolute atomic E-state index is 5.43. The molecule has 0 aliphatic heterocycles. The average molecular weight is 246 g/mol. The van der Waals surface area contributed by atoms with Crippen LogP contribution in [0.3, 0.4) is 0 Å². The van der Waals surface area contributed by atoms with E-state index in [9.17, 15) is 0 Å². The number of hydrogen-bond donors (Lipinski definition) is 0. The first-order chi connectivity index (χ1) is 4.81. The van der Waals surface area contributed by atoms with Gasteiger partial charge >= 0.3 is 0 Å². The van der Waals surface area contributed by atoms with Gasteiger partial charge in [0.15, 0.2) is 0 Å². The smallest absolute Gasteiger partial charge is 0.129 e. The van der Waals surface area contributed by atoms with E-state index in [0.29, 0.717) is 5.15 Å². The molecule has 1 aromatic heterocycles. The van der Waals surface area contributed by atoms with Crippen LogP contribution in [0.15, 0.2) is 24.4 Å². The predicted octanol–water partition coefficient (Wildman–Crippen LogP) is 2.96. The van der Waals surface area contributed by atoms with Crippen LogP contribution in [0.1, 0.15) is 13.3 Å². The monoisotopic (exact) mass is 245 g/mol. The Morgan fingerprint density at radius 3 is 2.27 bits per heavy atom. The van der Waals surface area contributed by atoms with E-state index in [0.717, 1.165) is 6.42 Å². The molecule has 0 unspecified atom stereocenters. The van der Waals surface area contributed by atoms with E-state index in [2.05, 4.69) is 11.9 Å². The first kappa shape index (κ1) is 14.1. The van der Waals surface area contributed by atoms with Gasteiger partial charge in [-0.2, -0.15) is 6.42 Å². The van der Waals surface area contributed by atoms with Gasteiger partial charge in [0, 0.05) is 38.9 Å². The Morgan fingerprint density at radius 1 is 1.55 bits per heavy atom. The fourth-order valence-corrected chi connectivity index (χ4v) is 0.471. The van der Waals surface area contributed by atoms with Gasteiger partial charge in [-0.1, -0.05) is 24.6 Å². The molecule has 0 fully saturated rings. The van der Waals surface area contributed by atoms with E-state index in [1.54, 1.807) is 12.3 Å². The summed E-state index contributed by atoms with van der Waals surface area (Å²) in [5.41, 5.74) is 0. The van der Waals surface area contributed by atoms with Crippen LogP contribution in [-0.2, 0) is 32.7 Å².